The van der Waals surface area contributed by atoms with Crippen molar-refractivity contribution in [2.45, 2.75) is 39.5 Å². The second-order valence-corrected chi connectivity index (χ2v) is 6.91. The van der Waals surface area contributed by atoms with Gasteiger partial charge in [0.05, 0.1) is 0 Å². The van der Waals surface area contributed by atoms with Crippen LogP contribution in [0.3, 0.4) is 0 Å². The van der Waals surface area contributed by atoms with Crippen molar-refractivity contribution in [1.82, 2.24) is 9.80 Å². The molecule has 0 aliphatic carbocycles. The summed E-state index contributed by atoms with van der Waals surface area (Å²) in [6.45, 7) is 10.3. The summed E-state index contributed by atoms with van der Waals surface area (Å²) in [5.41, 5.74) is 5.62. The Hall–Kier alpha value is -0.610. The summed E-state index contributed by atoms with van der Waals surface area (Å²) >= 11 is 0. The molecule has 2 aliphatic heterocycles. The van der Waals surface area contributed by atoms with Crippen LogP contribution in [0.15, 0.2) is 0 Å². The van der Waals surface area contributed by atoms with Gasteiger partial charge in [0.25, 0.3) is 0 Å². The molecule has 0 aromatic rings. The predicted octanol–water partition coefficient (Wildman–Crippen LogP) is 1.55. The van der Waals surface area contributed by atoms with Crippen molar-refractivity contribution >= 4 is 5.91 Å². The standard InChI is InChI=1S/C16H31N3O/c1-13-5-8-18(9-6-13)11-15-4-3-7-19(12-15)16(20)14(2)10-17/h13-15H,3-12,17H2,1-2H3. The molecule has 4 nitrogen and oxygen atoms in total. The van der Waals surface area contributed by atoms with Crippen LogP contribution in [0.2, 0.25) is 0 Å². The fraction of sp³-hybridized carbons (Fsp3) is 0.938. The van der Waals surface area contributed by atoms with Gasteiger partial charge in [-0.25, -0.2) is 0 Å². The number of nitrogens with zero attached hydrogens (tertiary/aromatic N) is 2. The van der Waals surface area contributed by atoms with Crippen LogP contribution in [0.4, 0.5) is 0 Å². The van der Waals surface area contributed by atoms with Crippen LogP contribution < -0.4 is 5.73 Å². The molecule has 2 aliphatic rings. The molecule has 4 heteroatoms. The molecule has 2 atom stereocenters. The number of hydrogen-bond acceptors (Lipinski definition) is 3. The molecule has 2 N–H and O–H groups in total. The zero-order valence-corrected chi connectivity index (χ0v) is 13.2. The summed E-state index contributed by atoms with van der Waals surface area (Å²) in [6, 6.07) is 0. The second kappa shape index (κ2) is 7.41. The normalized spacial score (nSPS) is 27.6. The molecule has 20 heavy (non-hydrogen) atoms. The number of nitrogens with two attached hydrogens (primary N) is 1. The summed E-state index contributed by atoms with van der Waals surface area (Å²) in [6.07, 6.45) is 5.09. The molecule has 0 aromatic heterocycles. The average Bonchev–Trinajstić information content (AvgIpc) is 2.48. The SMILES string of the molecule is CC1CCN(CC2CCCN(C(=O)C(C)CN)C2)CC1. The molecule has 0 saturated carbocycles. The lowest BCUT2D eigenvalue weighted by molar-refractivity contribution is -0.136. The minimum absolute atomic E-state index is 0.0235. The highest BCUT2D eigenvalue weighted by Gasteiger charge is 2.28. The van der Waals surface area contributed by atoms with E-state index < -0.39 is 0 Å². The van der Waals surface area contributed by atoms with Gasteiger partial charge in [0.15, 0.2) is 0 Å². The van der Waals surface area contributed by atoms with Crippen LogP contribution in [0.25, 0.3) is 0 Å². The zero-order chi connectivity index (χ0) is 14.5. The summed E-state index contributed by atoms with van der Waals surface area (Å²) in [4.78, 5) is 16.9. The largest absolute Gasteiger partial charge is 0.342 e. The third kappa shape index (κ3) is 4.19. The number of carbonyl (C=O) groups is 1. The molecule has 116 valence electrons. The van der Waals surface area contributed by atoms with E-state index in [0.29, 0.717) is 12.5 Å². The van der Waals surface area contributed by atoms with Crippen molar-refractivity contribution in [3.05, 3.63) is 0 Å². The van der Waals surface area contributed by atoms with Crippen LogP contribution in [0.1, 0.15) is 39.5 Å². The van der Waals surface area contributed by atoms with Gasteiger partial charge < -0.3 is 15.5 Å². The Labute approximate surface area is 123 Å². The Morgan fingerprint density at radius 2 is 1.95 bits per heavy atom. The van der Waals surface area contributed by atoms with E-state index in [2.05, 4.69) is 16.7 Å². The van der Waals surface area contributed by atoms with Gasteiger partial charge in [0.2, 0.25) is 5.91 Å². The Kier molecular flexibility index (Phi) is 5.85. The summed E-state index contributed by atoms with van der Waals surface area (Å²) in [5.74, 6) is 1.78. The molecule has 0 aromatic carbocycles. The van der Waals surface area contributed by atoms with E-state index in [1.165, 1.54) is 38.9 Å². The quantitative estimate of drug-likeness (QED) is 0.850. The first-order valence-electron chi connectivity index (χ1n) is 8.31. The number of hydrogen-bond donors (Lipinski definition) is 1. The van der Waals surface area contributed by atoms with Gasteiger partial charge in [0, 0.05) is 32.1 Å². The molecule has 0 bridgehead atoms. The molecule has 1 amide bonds. The average molecular weight is 281 g/mol. The van der Waals surface area contributed by atoms with Gasteiger partial charge in [-0.15, -0.1) is 0 Å². The fourth-order valence-corrected chi connectivity index (χ4v) is 3.44. The maximum Gasteiger partial charge on any atom is 0.226 e. The summed E-state index contributed by atoms with van der Waals surface area (Å²) in [7, 11) is 0. The highest BCUT2D eigenvalue weighted by atomic mass is 16.2. The van der Waals surface area contributed by atoms with Crippen LogP contribution in [-0.4, -0.2) is 55.0 Å². The number of rotatable bonds is 4. The number of carbonyl (C=O) groups excluding carboxylic acids is 1. The van der Waals surface area contributed by atoms with E-state index in [1.54, 1.807) is 0 Å². The minimum atomic E-state index is -0.0235. The van der Waals surface area contributed by atoms with Crippen molar-refractivity contribution in [3.8, 4) is 0 Å². The van der Waals surface area contributed by atoms with Crippen molar-refractivity contribution in [3.63, 3.8) is 0 Å². The predicted molar refractivity (Wildman–Crippen MR) is 82.4 cm³/mol. The maximum absolute atomic E-state index is 12.2. The van der Waals surface area contributed by atoms with Gasteiger partial charge >= 0.3 is 0 Å². The highest BCUT2D eigenvalue weighted by molar-refractivity contribution is 5.78. The van der Waals surface area contributed by atoms with Crippen LogP contribution in [0, 0.1) is 17.8 Å². The Balaban J connectivity index is 1.80. The first-order chi connectivity index (χ1) is 9.60. The van der Waals surface area contributed by atoms with E-state index in [1.807, 2.05) is 6.92 Å². The van der Waals surface area contributed by atoms with Gasteiger partial charge in [0.1, 0.15) is 0 Å². The molecule has 2 unspecified atom stereocenters. The molecular weight excluding hydrogens is 250 g/mol. The van der Waals surface area contributed by atoms with E-state index in [4.69, 9.17) is 5.73 Å². The minimum Gasteiger partial charge on any atom is -0.342 e. The molecular formula is C16H31N3O. The monoisotopic (exact) mass is 281 g/mol. The van der Waals surface area contributed by atoms with Gasteiger partial charge in [-0.05, 0) is 50.6 Å². The Morgan fingerprint density at radius 3 is 2.60 bits per heavy atom. The van der Waals surface area contributed by atoms with E-state index >= 15 is 0 Å². The van der Waals surface area contributed by atoms with Crippen LogP contribution in [0.5, 0.6) is 0 Å². The Bertz CT molecular complexity index is 313. The third-order valence-corrected chi connectivity index (χ3v) is 5.00. The van der Waals surface area contributed by atoms with Crippen molar-refractivity contribution < 1.29 is 4.79 Å². The first-order valence-corrected chi connectivity index (χ1v) is 8.31. The lowest BCUT2D eigenvalue weighted by atomic mass is 9.93. The van der Waals surface area contributed by atoms with E-state index in [-0.39, 0.29) is 11.8 Å². The number of piperidine rings is 2. The van der Waals surface area contributed by atoms with E-state index in [0.717, 1.165) is 25.4 Å². The lowest BCUT2D eigenvalue weighted by Gasteiger charge is -2.38. The zero-order valence-electron chi connectivity index (χ0n) is 13.2. The molecule has 0 spiro atoms. The second-order valence-electron chi connectivity index (χ2n) is 6.91. The van der Waals surface area contributed by atoms with Crippen molar-refractivity contribution in [2.24, 2.45) is 23.5 Å². The van der Waals surface area contributed by atoms with Gasteiger partial charge in [-0.2, -0.15) is 0 Å². The molecule has 2 fully saturated rings. The summed E-state index contributed by atoms with van der Waals surface area (Å²) in [5, 5.41) is 0. The molecule has 2 rings (SSSR count). The van der Waals surface area contributed by atoms with Crippen molar-refractivity contribution in [1.29, 1.82) is 0 Å². The van der Waals surface area contributed by atoms with E-state index in [9.17, 15) is 4.79 Å². The lowest BCUT2D eigenvalue weighted by Crippen LogP contribution is -2.47. The van der Waals surface area contributed by atoms with Crippen LogP contribution >= 0.6 is 0 Å². The Morgan fingerprint density at radius 1 is 1.25 bits per heavy atom. The van der Waals surface area contributed by atoms with Crippen molar-refractivity contribution in [2.75, 3.05) is 39.3 Å². The van der Waals surface area contributed by atoms with Gasteiger partial charge in [-0.1, -0.05) is 13.8 Å². The first kappa shape index (κ1) is 15.8. The topological polar surface area (TPSA) is 49.6 Å². The van der Waals surface area contributed by atoms with Gasteiger partial charge in [-0.3, -0.25) is 4.79 Å². The molecule has 2 heterocycles. The van der Waals surface area contributed by atoms with Crippen LogP contribution in [-0.2, 0) is 4.79 Å². The maximum atomic E-state index is 12.2. The summed E-state index contributed by atoms with van der Waals surface area (Å²) < 4.78 is 0. The highest BCUT2D eigenvalue weighted by Crippen LogP contribution is 2.22. The molecule has 2 saturated heterocycles. The molecule has 0 radical (unpaired) electrons. The smallest absolute Gasteiger partial charge is 0.226 e. The number of likely N-dealkylation sites (tertiary alicyclic amines) is 2. The third-order valence-electron chi connectivity index (χ3n) is 5.00. The number of amides is 1. The fourth-order valence-electron chi connectivity index (χ4n) is 3.44.